The summed E-state index contributed by atoms with van der Waals surface area (Å²) in [7, 11) is 0. The van der Waals surface area contributed by atoms with Gasteiger partial charge in [0.2, 0.25) is 0 Å². The molecule has 0 aliphatic heterocycles. The minimum Gasteiger partial charge on any atom is -0.330 e. The molecular weight excluding hydrogens is 136 g/mol. The molecule has 0 aromatic heterocycles. The van der Waals surface area contributed by atoms with E-state index in [-0.39, 0.29) is 0 Å². The van der Waals surface area contributed by atoms with Gasteiger partial charge < -0.3 is 11.5 Å². The van der Waals surface area contributed by atoms with Gasteiger partial charge in [-0.3, -0.25) is 0 Å². The Morgan fingerprint density at radius 3 is 1.55 bits per heavy atom. The van der Waals surface area contributed by atoms with Crippen molar-refractivity contribution >= 4 is 0 Å². The van der Waals surface area contributed by atoms with Crippen LogP contribution in [0.15, 0.2) is 0 Å². The molecular formula is C9H18N2. The molecule has 0 spiro atoms. The Bertz CT molecular complexity index is 130. The van der Waals surface area contributed by atoms with E-state index in [1.807, 2.05) is 0 Å². The minimum atomic E-state index is 0.836. The fourth-order valence-corrected chi connectivity index (χ4v) is 3.09. The fraction of sp³-hybridized carbons (Fsp3) is 1.00. The highest BCUT2D eigenvalue weighted by Gasteiger charge is 2.44. The van der Waals surface area contributed by atoms with Gasteiger partial charge in [-0.25, -0.2) is 0 Å². The van der Waals surface area contributed by atoms with Crippen LogP contribution in [0.1, 0.15) is 19.3 Å². The van der Waals surface area contributed by atoms with Crippen LogP contribution in [0.25, 0.3) is 0 Å². The van der Waals surface area contributed by atoms with Crippen LogP contribution in [0.2, 0.25) is 0 Å². The van der Waals surface area contributed by atoms with Crippen molar-refractivity contribution in [1.82, 2.24) is 0 Å². The van der Waals surface area contributed by atoms with E-state index in [1.54, 1.807) is 0 Å². The zero-order valence-corrected chi connectivity index (χ0v) is 7.00. The average molecular weight is 154 g/mol. The Morgan fingerprint density at radius 1 is 0.818 bits per heavy atom. The fourth-order valence-electron chi connectivity index (χ4n) is 3.09. The molecule has 0 amide bonds. The molecule has 2 aliphatic carbocycles. The third-order valence-electron chi connectivity index (χ3n) is 3.76. The maximum Gasteiger partial charge on any atom is -0.00461 e. The van der Waals surface area contributed by atoms with E-state index in [0.29, 0.717) is 0 Å². The minimum absolute atomic E-state index is 0.836. The van der Waals surface area contributed by atoms with E-state index in [2.05, 4.69) is 0 Å². The van der Waals surface area contributed by atoms with Crippen molar-refractivity contribution in [3.63, 3.8) is 0 Å². The van der Waals surface area contributed by atoms with Gasteiger partial charge in [0.1, 0.15) is 0 Å². The van der Waals surface area contributed by atoms with Crippen LogP contribution >= 0.6 is 0 Å². The van der Waals surface area contributed by atoms with Gasteiger partial charge in [0.05, 0.1) is 0 Å². The molecule has 0 unspecified atom stereocenters. The van der Waals surface area contributed by atoms with Gasteiger partial charge in [0.15, 0.2) is 0 Å². The normalized spacial score (nSPS) is 48.5. The molecule has 0 aromatic carbocycles. The number of fused-ring (bicyclic) bond motifs is 2. The summed E-state index contributed by atoms with van der Waals surface area (Å²) < 4.78 is 0. The monoisotopic (exact) mass is 154 g/mol. The molecule has 2 fully saturated rings. The average Bonchev–Trinajstić information content (AvgIpc) is 2.60. The zero-order valence-electron chi connectivity index (χ0n) is 7.00. The van der Waals surface area contributed by atoms with Crippen molar-refractivity contribution in [1.29, 1.82) is 0 Å². The molecule has 64 valence electrons. The number of rotatable bonds is 2. The van der Waals surface area contributed by atoms with E-state index >= 15 is 0 Å². The molecule has 0 radical (unpaired) electrons. The first-order valence-electron chi connectivity index (χ1n) is 4.75. The van der Waals surface area contributed by atoms with Crippen molar-refractivity contribution < 1.29 is 0 Å². The highest BCUT2D eigenvalue weighted by Crippen LogP contribution is 2.50. The van der Waals surface area contributed by atoms with Crippen molar-refractivity contribution in [2.24, 2.45) is 35.1 Å². The first-order valence-corrected chi connectivity index (χ1v) is 4.75. The lowest BCUT2D eigenvalue weighted by Crippen LogP contribution is -2.27. The van der Waals surface area contributed by atoms with Crippen LogP contribution in [0.4, 0.5) is 0 Å². The predicted molar refractivity (Wildman–Crippen MR) is 45.9 cm³/mol. The molecule has 4 atom stereocenters. The third kappa shape index (κ3) is 1.09. The summed E-state index contributed by atoms with van der Waals surface area (Å²) in [5.74, 6) is 3.53. The Balaban J connectivity index is 1.97. The summed E-state index contributed by atoms with van der Waals surface area (Å²) in [6, 6.07) is 0. The van der Waals surface area contributed by atoms with E-state index in [1.165, 1.54) is 19.3 Å². The Hall–Kier alpha value is -0.0800. The molecule has 2 aliphatic rings. The van der Waals surface area contributed by atoms with E-state index in [0.717, 1.165) is 36.8 Å². The molecule has 2 heteroatoms. The number of hydrogen-bond donors (Lipinski definition) is 2. The predicted octanol–water partition coefficient (Wildman–Crippen LogP) is 0.566. The summed E-state index contributed by atoms with van der Waals surface area (Å²) in [6.07, 6.45) is 4.15. The van der Waals surface area contributed by atoms with Gasteiger partial charge in [-0.2, -0.15) is 0 Å². The standard InChI is InChI=1S/C9H18N2/c10-4-8-2-6-1-7(8)3-9(6)5-11/h6-9H,1-5,10-11H2/t6-,7+,8+,9-. The van der Waals surface area contributed by atoms with E-state index in [4.69, 9.17) is 11.5 Å². The SMILES string of the molecule is NC[C@@H]1C[C@H]2C[C@H]1C[C@@H]2CN. The summed E-state index contributed by atoms with van der Waals surface area (Å²) >= 11 is 0. The van der Waals surface area contributed by atoms with Crippen LogP contribution < -0.4 is 11.5 Å². The molecule has 2 saturated carbocycles. The van der Waals surface area contributed by atoms with E-state index < -0.39 is 0 Å². The molecule has 0 heterocycles. The second kappa shape index (κ2) is 2.76. The van der Waals surface area contributed by atoms with Crippen LogP contribution in [0.5, 0.6) is 0 Å². The topological polar surface area (TPSA) is 52.0 Å². The molecule has 2 bridgehead atoms. The van der Waals surface area contributed by atoms with Crippen LogP contribution in [0.3, 0.4) is 0 Å². The van der Waals surface area contributed by atoms with Gasteiger partial charge in [0.25, 0.3) is 0 Å². The van der Waals surface area contributed by atoms with Crippen molar-refractivity contribution in [3.05, 3.63) is 0 Å². The van der Waals surface area contributed by atoms with Crippen molar-refractivity contribution in [2.45, 2.75) is 19.3 Å². The molecule has 0 saturated heterocycles. The maximum absolute atomic E-state index is 5.68. The largest absolute Gasteiger partial charge is 0.330 e. The van der Waals surface area contributed by atoms with Gasteiger partial charge in [-0.15, -0.1) is 0 Å². The van der Waals surface area contributed by atoms with Crippen LogP contribution in [-0.4, -0.2) is 13.1 Å². The highest BCUT2D eigenvalue weighted by molar-refractivity contribution is 4.95. The maximum atomic E-state index is 5.68. The Kier molecular flexibility index (Phi) is 1.90. The Morgan fingerprint density at radius 2 is 1.27 bits per heavy atom. The number of nitrogens with two attached hydrogens (primary N) is 2. The smallest absolute Gasteiger partial charge is 0.00461 e. The van der Waals surface area contributed by atoms with Gasteiger partial charge in [0, 0.05) is 0 Å². The molecule has 0 aromatic rings. The lowest BCUT2D eigenvalue weighted by atomic mass is 9.82. The quantitative estimate of drug-likeness (QED) is 0.611. The second-order valence-electron chi connectivity index (χ2n) is 4.22. The third-order valence-corrected chi connectivity index (χ3v) is 3.76. The first kappa shape index (κ1) is 7.56. The Labute approximate surface area is 68.3 Å². The second-order valence-corrected chi connectivity index (χ2v) is 4.22. The molecule has 11 heavy (non-hydrogen) atoms. The van der Waals surface area contributed by atoms with Crippen molar-refractivity contribution in [2.75, 3.05) is 13.1 Å². The van der Waals surface area contributed by atoms with Gasteiger partial charge in [-0.05, 0) is 56.0 Å². The summed E-state index contributed by atoms with van der Waals surface area (Å²) in [5, 5.41) is 0. The van der Waals surface area contributed by atoms with E-state index in [9.17, 15) is 0 Å². The highest BCUT2D eigenvalue weighted by atomic mass is 14.6. The van der Waals surface area contributed by atoms with Crippen LogP contribution in [0, 0.1) is 23.7 Å². The summed E-state index contributed by atoms with van der Waals surface area (Å²) in [6.45, 7) is 1.80. The summed E-state index contributed by atoms with van der Waals surface area (Å²) in [4.78, 5) is 0. The van der Waals surface area contributed by atoms with Gasteiger partial charge >= 0.3 is 0 Å². The summed E-state index contributed by atoms with van der Waals surface area (Å²) in [5.41, 5.74) is 11.4. The molecule has 2 rings (SSSR count). The van der Waals surface area contributed by atoms with Gasteiger partial charge in [-0.1, -0.05) is 0 Å². The first-order chi connectivity index (χ1) is 5.35. The van der Waals surface area contributed by atoms with Crippen LogP contribution in [-0.2, 0) is 0 Å². The lowest BCUT2D eigenvalue weighted by Gasteiger charge is -2.25. The molecule has 4 N–H and O–H groups in total. The van der Waals surface area contributed by atoms with Crippen molar-refractivity contribution in [3.8, 4) is 0 Å². The number of hydrogen-bond acceptors (Lipinski definition) is 2. The lowest BCUT2D eigenvalue weighted by molar-refractivity contribution is 0.267. The molecule has 2 nitrogen and oxygen atoms in total. The zero-order chi connectivity index (χ0) is 7.84.